The van der Waals surface area contributed by atoms with E-state index in [-0.39, 0.29) is 24.8 Å². The monoisotopic (exact) mass is 306 g/mol. The van der Waals surface area contributed by atoms with E-state index in [9.17, 15) is 14.4 Å². The molecular weight excluding hydrogens is 284 g/mol. The van der Waals surface area contributed by atoms with Gasteiger partial charge >= 0.3 is 5.97 Å². The third-order valence-electron chi connectivity index (χ3n) is 3.05. The van der Waals surface area contributed by atoms with Crippen LogP contribution in [0.25, 0.3) is 0 Å². The second kappa shape index (κ2) is 9.55. The summed E-state index contributed by atoms with van der Waals surface area (Å²) in [5, 5.41) is 13.6. The van der Waals surface area contributed by atoms with Crippen LogP contribution >= 0.6 is 0 Å². The van der Waals surface area contributed by atoms with Gasteiger partial charge in [0, 0.05) is 12.1 Å². The molecule has 0 aliphatic heterocycles. The number of carbonyl (C=O) groups excluding carboxylic acids is 2. The summed E-state index contributed by atoms with van der Waals surface area (Å²) in [5.41, 5.74) is 1.45. The Bertz CT molecular complexity index is 511. The van der Waals surface area contributed by atoms with Gasteiger partial charge in [0.05, 0.1) is 6.42 Å². The molecule has 6 nitrogen and oxygen atoms in total. The number of aliphatic carboxylic acids is 1. The summed E-state index contributed by atoms with van der Waals surface area (Å²) in [6.45, 7) is 1.70. The number of carboxylic acids is 1. The maximum Gasteiger partial charge on any atom is 0.322 e. The molecule has 1 aromatic carbocycles. The van der Waals surface area contributed by atoms with Gasteiger partial charge in [0.25, 0.3) is 0 Å². The highest BCUT2D eigenvalue weighted by Gasteiger charge is 2.06. The minimum absolute atomic E-state index is 0.0135. The molecule has 0 aliphatic rings. The summed E-state index contributed by atoms with van der Waals surface area (Å²) in [4.78, 5) is 33.5. The summed E-state index contributed by atoms with van der Waals surface area (Å²) in [7, 11) is 0. The number of amides is 2. The number of rotatable bonds is 9. The van der Waals surface area contributed by atoms with Gasteiger partial charge in [-0.1, -0.05) is 31.9 Å². The van der Waals surface area contributed by atoms with Crippen molar-refractivity contribution in [3.63, 3.8) is 0 Å². The average molecular weight is 306 g/mol. The molecule has 6 heteroatoms. The van der Waals surface area contributed by atoms with Crippen LogP contribution in [0.15, 0.2) is 24.3 Å². The van der Waals surface area contributed by atoms with E-state index in [1.807, 2.05) is 0 Å². The van der Waals surface area contributed by atoms with Crippen LogP contribution in [0.1, 0.15) is 38.2 Å². The van der Waals surface area contributed by atoms with E-state index in [4.69, 9.17) is 5.11 Å². The van der Waals surface area contributed by atoms with E-state index in [2.05, 4.69) is 17.6 Å². The zero-order valence-corrected chi connectivity index (χ0v) is 12.7. The van der Waals surface area contributed by atoms with Crippen LogP contribution in [0.2, 0.25) is 0 Å². The van der Waals surface area contributed by atoms with Gasteiger partial charge in [0.15, 0.2) is 0 Å². The van der Waals surface area contributed by atoms with Crippen molar-refractivity contribution in [3.05, 3.63) is 29.8 Å². The molecule has 0 aliphatic carbocycles. The Labute approximate surface area is 129 Å². The molecule has 0 unspecified atom stereocenters. The first kappa shape index (κ1) is 17.7. The van der Waals surface area contributed by atoms with E-state index in [0.717, 1.165) is 24.8 Å². The highest BCUT2D eigenvalue weighted by molar-refractivity contribution is 5.90. The third-order valence-corrected chi connectivity index (χ3v) is 3.05. The zero-order chi connectivity index (χ0) is 16.4. The van der Waals surface area contributed by atoms with E-state index in [1.165, 1.54) is 0 Å². The van der Waals surface area contributed by atoms with Crippen LogP contribution in [0.4, 0.5) is 5.69 Å². The SMILES string of the molecule is CCCCCC(=O)Nc1ccc(CC(=O)NCC(=O)O)cc1. The third kappa shape index (κ3) is 7.42. The molecule has 0 bridgehead atoms. The van der Waals surface area contributed by atoms with Crippen molar-refractivity contribution in [2.75, 3.05) is 11.9 Å². The fraction of sp³-hybridized carbons (Fsp3) is 0.438. The minimum atomic E-state index is -1.07. The Hall–Kier alpha value is -2.37. The van der Waals surface area contributed by atoms with Crippen molar-refractivity contribution in [2.24, 2.45) is 0 Å². The standard InChI is InChI=1S/C16H22N2O4/c1-2-3-4-5-14(19)18-13-8-6-12(7-9-13)10-15(20)17-11-16(21)22/h6-9H,2-5,10-11H2,1H3,(H,17,20)(H,18,19)(H,21,22). The molecule has 0 radical (unpaired) electrons. The van der Waals surface area contributed by atoms with Gasteiger partial charge in [-0.2, -0.15) is 0 Å². The molecule has 0 spiro atoms. The Morgan fingerprint density at radius 2 is 1.73 bits per heavy atom. The van der Waals surface area contributed by atoms with Gasteiger partial charge in [0.2, 0.25) is 11.8 Å². The molecule has 0 atom stereocenters. The van der Waals surface area contributed by atoms with Gasteiger partial charge in [-0.25, -0.2) is 0 Å². The fourth-order valence-corrected chi connectivity index (χ4v) is 1.89. The van der Waals surface area contributed by atoms with Crippen molar-refractivity contribution in [2.45, 2.75) is 39.0 Å². The van der Waals surface area contributed by atoms with Crippen LogP contribution in [0.3, 0.4) is 0 Å². The average Bonchev–Trinajstić information content (AvgIpc) is 2.47. The second-order valence-corrected chi connectivity index (χ2v) is 5.05. The molecule has 120 valence electrons. The van der Waals surface area contributed by atoms with Gasteiger partial charge in [-0.3, -0.25) is 14.4 Å². The molecule has 22 heavy (non-hydrogen) atoms. The Morgan fingerprint density at radius 3 is 2.32 bits per heavy atom. The highest BCUT2D eigenvalue weighted by atomic mass is 16.4. The Morgan fingerprint density at radius 1 is 1.05 bits per heavy atom. The number of carboxylic acid groups (broad SMARTS) is 1. The maximum atomic E-state index is 11.7. The molecule has 0 aromatic heterocycles. The largest absolute Gasteiger partial charge is 0.480 e. The normalized spacial score (nSPS) is 10.0. The molecular formula is C16H22N2O4. The van der Waals surface area contributed by atoms with Crippen molar-refractivity contribution >= 4 is 23.5 Å². The van der Waals surface area contributed by atoms with Crippen LogP contribution in [0, 0.1) is 0 Å². The predicted octanol–water partition coefficient (Wildman–Crippen LogP) is 1.95. The number of hydrogen-bond donors (Lipinski definition) is 3. The van der Waals surface area contributed by atoms with Gasteiger partial charge < -0.3 is 15.7 Å². The molecule has 0 fully saturated rings. The van der Waals surface area contributed by atoms with Gasteiger partial charge in [-0.05, 0) is 24.1 Å². The molecule has 3 N–H and O–H groups in total. The molecule has 2 amide bonds. The Kier molecular flexibility index (Phi) is 7.67. The van der Waals surface area contributed by atoms with E-state index < -0.39 is 5.97 Å². The number of unbranched alkanes of at least 4 members (excludes halogenated alkanes) is 2. The van der Waals surface area contributed by atoms with Crippen LogP contribution in [-0.4, -0.2) is 29.4 Å². The first-order chi connectivity index (χ1) is 10.5. The number of hydrogen-bond acceptors (Lipinski definition) is 3. The lowest BCUT2D eigenvalue weighted by Gasteiger charge is -2.07. The van der Waals surface area contributed by atoms with E-state index in [0.29, 0.717) is 12.1 Å². The van der Waals surface area contributed by atoms with E-state index >= 15 is 0 Å². The lowest BCUT2D eigenvalue weighted by molar-refractivity contribution is -0.137. The van der Waals surface area contributed by atoms with Crippen molar-refractivity contribution in [1.29, 1.82) is 0 Å². The highest BCUT2D eigenvalue weighted by Crippen LogP contribution is 2.11. The van der Waals surface area contributed by atoms with E-state index in [1.54, 1.807) is 24.3 Å². The molecule has 0 heterocycles. The zero-order valence-electron chi connectivity index (χ0n) is 12.7. The van der Waals surface area contributed by atoms with Crippen molar-refractivity contribution < 1.29 is 19.5 Å². The summed E-state index contributed by atoms with van der Waals surface area (Å²) in [6.07, 6.45) is 3.61. The predicted molar refractivity (Wildman–Crippen MR) is 83.6 cm³/mol. The molecule has 0 saturated carbocycles. The molecule has 1 rings (SSSR count). The number of anilines is 1. The summed E-state index contributed by atoms with van der Waals surface area (Å²) < 4.78 is 0. The quantitative estimate of drug-likeness (QED) is 0.608. The van der Waals surface area contributed by atoms with Crippen LogP contribution in [0.5, 0.6) is 0 Å². The first-order valence-corrected chi connectivity index (χ1v) is 7.38. The maximum absolute atomic E-state index is 11.7. The number of carbonyl (C=O) groups is 3. The van der Waals surface area contributed by atoms with Crippen LogP contribution in [-0.2, 0) is 20.8 Å². The second-order valence-electron chi connectivity index (χ2n) is 5.05. The number of nitrogens with one attached hydrogen (secondary N) is 2. The molecule has 0 saturated heterocycles. The summed E-state index contributed by atoms with van der Waals surface area (Å²) in [5.74, 6) is -1.44. The first-order valence-electron chi connectivity index (χ1n) is 7.38. The van der Waals surface area contributed by atoms with Gasteiger partial charge in [0.1, 0.15) is 6.54 Å². The minimum Gasteiger partial charge on any atom is -0.480 e. The summed E-state index contributed by atoms with van der Waals surface area (Å²) in [6, 6.07) is 6.94. The van der Waals surface area contributed by atoms with Gasteiger partial charge in [-0.15, -0.1) is 0 Å². The molecule has 1 aromatic rings. The van der Waals surface area contributed by atoms with Crippen LogP contribution < -0.4 is 10.6 Å². The topological polar surface area (TPSA) is 95.5 Å². The lowest BCUT2D eigenvalue weighted by atomic mass is 10.1. The van der Waals surface area contributed by atoms with Crippen molar-refractivity contribution in [3.8, 4) is 0 Å². The summed E-state index contributed by atoms with van der Waals surface area (Å²) >= 11 is 0. The van der Waals surface area contributed by atoms with Crippen molar-refractivity contribution in [1.82, 2.24) is 5.32 Å². The lowest BCUT2D eigenvalue weighted by Crippen LogP contribution is -2.30. The Balaban J connectivity index is 2.40. The number of benzene rings is 1. The fourth-order valence-electron chi connectivity index (χ4n) is 1.89. The smallest absolute Gasteiger partial charge is 0.322 e.